The number of hydrogen-bond donors (Lipinski definition) is 1. The number of hydrogen-bond acceptors (Lipinski definition) is 4. The van der Waals surface area contributed by atoms with E-state index in [0.717, 1.165) is 4.88 Å². The number of carbonyl (C=O) groups excluding carboxylic acids is 2. The molecule has 0 spiro atoms. The van der Waals surface area contributed by atoms with E-state index < -0.39 is 0 Å². The van der Waals surface area contributed by atoms with Crippen LogP contribution in [0.5, 0.6) is 0 Å². The zero-order valence-electron chi connectivity index (χ0n) is 11.8. The van der Waals surface area contributed by atoms with Gasteiger partial charge in [0.2, 0.25) is 5.91 Å². The van der Waals surface area contributed by atoms with Crippen LogP contribution in [0.15, 0.2) is 12.1 Å². The maximum atomic E-state index is 12.1. The van der Waals surface area contributed by atoms with Gasteiger partial charge in [0.15, 0.2) is 0 Å². The van der Waals surface area contributed by atoms with Crippen molar-refractivity contribution in [3.8, 4) is 11.8 Å². The van der Waals surface area contributed by atoms with Gasteiger partial charge < -0.3 is 14.9 Å². The molecule has 1 aromatic heterocycles. The summed E-state index contributed by atoms with van der Waals surface area (Å²) < 4.78 is 0. The molecule has 1 heterocycles. The lowest BCUT2D eigenvalue weighted by molar-refractivity contribution is -0.129. The summed E-state index contributed by atoms with van der Waals surface area (Å²) in [5.74, 6) is 5.37. The van der Waals surface area contributed by atoms with Crippen molar-refractivity contribution in [3.05, 3.63) is 21.9 Å². The number of thiophene rings is 1. The van der Waals surface area contributed by atoms with Crippen molar-refractivity contribution in [1.29, 1.82) is 0 Å². The van der Waals surface area contributed by atoms with E-state index in [1.807, 2.05) is 0 Å². The van der Waals surface area contributed by atoms with Gasteiger partial charge in [-0.05, 0) is 12.1 Å². The number of rotatable bonds is 4. The molecule has 5 nitrogen and oxygen atoms in total. The van der Waals surface area contributed by atoms with Crippen molar-refractivity contribution in [2.24, 2.45) is 0 Å². The fourth-order valence-electron chi connectivity index (χ4n) is 1.33. The number of likely N-dealkylation sites (N-methyl/N-ethyl adjacent to an activating group) is 2. The first-order valence-electron chi connectivity index (χ1n) is 6.11. The predicted molar refractivity (Wildman–Crippen MR) is 78.6 cm³/mol. The molecule has 0 aliphatic heterocycles. The molecule has 0 fully saturated rings. The summed E-state index contributed by atoms with van der Waals surface area (Å²) >= 11 is 1.28. The minimum Gasteiger partial charge on any atom is -0.395 e. The van der Waals surface area contributed by atoms with E-state index in [9.17, 15) is 9.59 Å². The quantitative estimate of drug-likeness (QED) is 0.829. The van der Waals surface area contributed by atoms with Gasteiger partial charge in [-0.25, -0.2) is 0 Å². The normalized spacial score (nSPS) is 9.60. The molecule has 0 aliphatic rings. The van der Waals surface area contributed by atoms with Crippen molar-refractivity contribution in [3.63, 3.8) is 0 Å². The Labute approximate surface area is 122 Å². The Morgan fingerprint density at radius 1 is 1.30 bits per heavy atom. The van der Waals surface area contributed by atoms with Crippen LogP contribution in [0.2, 0.25) is 0 Å². The minimum atomic E-state index is -0.194. The van der Waals surface area contributed by atoms with E-state index in [-0.39, 0.29) is 25.0 Å². The van der Waals surface area contributed by atoms with Crippen LogP contribution in [0.3, 0.4) is 0 Å². The lowest BCUT2D eigenvalue weighted by Crippen LogP contribution is -2.37. The highest BCUT2D eigenvalue weighted by molar-refractivity contribution is 7.14. The van der Waals surface area contributed by atoms with Gasteiger partial charge in [0, 0.05) is 27.6 Å². The van der Waals surface area contributed by atoms with Crippen LogP contribution in [0.1, 0.15) is 21.0 Å². The molecule has 1 rings (SSSR count). The van der Waals surface area contributed by atoms with Gasteiger partial charge in [-0.3, -0.25) is 9.59 Å². The summed E-state index contributed by atoms with van der Waals surface area (Å²) in [5.41, 5.74) is 0. The molecule has 0 bridgehead atoms. The Bertz CT molecular complexity index is 540. The van der Waals surface area contributed by atoms with Gasteiger partial charge in [-0.1, -0.05) is 11.8 Å². The first-order valence-corrected chi connectivity index (χ1v) is 6.92. The molecule has 0 atom stereocenters. The highest BCUT2D eigenvalue weighted by Gasteiger charge is 2.17. The van der Waals surface area contributed by atoms with Crippen LogP contribution >= 0.6 is 11.3 Å². The van der Waals surface area contributed by atoms with E-state index in [4.69, 9.17) is 5.11 Å². The topological polar surface area (TPSA) is 60.9 Å². The zero-order valence-corrected chi connectivity index (χ0v) is 12.7. The van der Waals surface area contributed by atoms with Gasteiger partial charge in [-0.15, -0.1) is 11.3 Å². The summed E-state index contributed by atoms with van der Waals surface area (Å²) in [4.78, 5) is 27.8. The molecule has 20 heavy (non-hydrogen) atoms. The average molecular weight is 294 g/mol. The number of aliphatic hydroxyl groups excluding tert-OH is 1. The Morgan fingerprint density at radius 3 is 2.60 bits per heavy atom. The van der Waals surface area contributed by atoms with Crippen LogP contribution < -0.4 is 0 Å². The monoisotopic (exact) mass is 294 g/mol. The standard InChI is InChI=1S/C14H18N2O3S/c1-15(2)13(18)10-16(3)14(19)12-8-7-11(20-12)6-4-5-9-17/h7-8,17H,5,9-10H2,1-3H3. The van der Waals surface area contributed by atoms with Gasteiger partial charge in [0.1, 0.15) is 0 Å². The van der Waals surface area contributed by atoms with E-state index in [1.54, 1.807) is 33.3 Å². The molecular weight excluding hydrogens is 276 g/mol. The van der Waals surface area contributed by atoms with E-state index in [0.29, 0.717) is 11.3 Å². The smallest absolute Gasteiger partial charge is 0.264 e. The van der Waals surface area contributed by atoms with E-state index >= 15 is 0 Å². The maximum absolute atomic E-state index is 12.1. The third-order valence-corrected chi connectivity index (χ3v) is 3.47. The second kappa shape index (κ2) is 7.68. The molecule has 1 aromatic rings. The minimum absolute atomic E-state index is 0.0273. The van der Waals surface area contributed by atoms with Gasteiger partial charge in [0.05, 0.1) is 22.9 Å². The molecule has 0 radical (unpaired) electrons. The van der Waals surface area contributed by atoms with Gasteiger partial charge in [0.25, 0.3) is 5.91 Å². The van der Waals surface area contributed by atoms with Crippen LogP contribution in [0, 0.1) is 11.8 Å². The molecule has 6 heteroatoms. The summed E-state index contributed by atoms with van der Waals surface area (Å²) in [5, 5.41) is 8.64. The molecule has 0 unspecified atom stereocenters. The Hall–Kier alpha value is -1.84. The molecular formula is C14H18N2O3S. The molecule has 0 saturated carbocycles. The van der Waals surface area contributed by atoms with Crippen molar-refractivity contribution >= 4 is 23.2 Å². The second-order valence-electron chi connectivity index (χ2n) is 4.39. The van der Waals surface area contributed by atoms with Crippen LogP contribution in [0.25, 0.3) is 0 Å². The number of amides is 2. The van der Waals surface area contributed by atoms with Gasteiger partial charge in [-0.2, -0.15) is 0 Å². The molecule has 0 aliphatic carbocycles. The average Bonchev–Trinajstić information content (AvgIpc) is 2.86. The molecule has 0 saturated heterocycles. The lowest BCUT2D eigenvalue weighted by atomic mass is 10.3. The van der Waals surface area contributed by atoms with Crippen molar-refractivity contribution in [2.75, 3.05) is 34.3 Å². The van der Waals surface area contributed by atoms with Crippen molar-refractivity contribution in [2.45, 2.75) is 6.42 Å². The molecule has 1 N–H and O–H groups in total. The third-order valence-electron chi connectivity index (χ3n) is 2.48. The maximum Gasteiger partial charge on any atom is 0.264 e. The summed E-state index contributed by atoms with van der Waals surface area (Å²) in [6, 6.07) is 3.47. The Morgan fingerprint density at radius 2 is 2.00 bits per heavy atom. The van der Waals surface area contributed by atoms with E-state index in [2.05, 4.69) is 11.8 Å². The Kier molecular flexibility index (Phi) is 6.22. The lowest BCUT2D eigenvalue weighted by Gasteiger charge is -2.18. The number of nitrogens with zero attached hydrogens (tertiary/aromatic N) is 2. The third kappa shape index (κ3) is 4.68. The Balaban J connectivity index is 2.69. The fraction of sp³-hybridized carbons (Fsp3) is 0.429. The molecule has 2 amide bonds. The van der Waals surface area contributed by atoms with Crippen LogP contribution in [-0.4, -0.2) is 61.0 Å². The number of aliphatic hydroxyl groups is 1. The largest absolute Gasteiger partial charge is 0.395 e. The molecule has 108 valence electrons. The van der Waals surface area contributed by atoms with Crippen molar-refractivity contribution < 1.29 is 14.7 Å². The number of carbonyl (C=O) groups is 2. The first kappa shape index (κ1) is 16.2. The SMILES string of the molecule is CN(C)C(=O)CN(C)C(=O)c1ccc(C#CCCO)s1. The predicted octanol–water partition coefficient (Wildman–Crippen LogP) is 0.642. The summed E-state index contributed by atoms with van der Waals surface area (Å²) in [6.07, 6.45) is 0.415. The summed E-state index contributed by atoms with van der Waals surface area (Å²) in [7, 11) is 4.90. The first-order chi connectivity index (χ1) is 9.45. The highest BCUT2D eigenvalue weighted by Crippen LogP contribution is 2.17. The van der Waals surface area contributed by atoms with Crippen LogP contribution in [-0.2, 0) is 4.79 Å². The highest BCUT2D eigenvalue weighted by atomic mass is 32.1. The molecule has 0 aromatic carbocycles. The van der Waals surface area contributed by atoms with Gasteiger partial charge >= 0.3 is 0 Å². The second-order valence-corrected chi connectivity index (χ2v) is 5.47. The van der Waals surface area contributed by atoms with Crippen molar-refractivity contribution in [1.82, 2.24) is 9.80 Å². The summed E-state index contributed by atoms with van der Waals surface area (Å²) in [6.45, 7) is 0.0782. The van der Waals surface area contributed by atoms with Crippen LogP contribution in [0.4, 0.5) is 0 Å². The fourth-order valence-corrected chi connectivity index (χ4v) is 2.21. The zero-order chi connectivity index (χ0) is 15.1. The van der Waals surface area contributed by atoms with E-state index in [1.165, 1.54) is 21.1 Å².